The highest BCUT2D eigenvalue weighted by Crippen LogP contribution is 2.21. The zero-order valence-corrected chi connectivity index (χ0v) is 12.5. The number of ketones is 2. The molecule has 0 saturated heterocycles. The number of nitriles is 1. The van der Waals surface area contributed by atoms with Gasteiger partial charge in [0.25, 0.3) is 0 Å². The molecule has 0 bridgehead atoms. The van der Waals surface area contributed by atoms with Gasteiger partial charge in [-0.25, -0.2) is 9.97 Å². The summed E-state index contributed by atoms with van der Waals surface area (Å²) in [5, 5.41) is 11.7. The van der Waals surface area contributed by atoms with Crippen molar-refractivity contribution in [2.45, 2.75) is 13.8 Å². The molecular formula is C17H12N4O2. The topological polar surface area (TPSA) is 95.7 Å². The van der Waals surface area contributed by atoms with Crippen LogP contribution in [0.2, 0.25) is 0 Å². The lowest BCUT2D eigenvalue weighted by Crippen LogP contribution is -2.25. The highest BCUT2D eigenvalue weighted by molar-refractivity contribution is 6.23. The number of carbonyl (C=O) groups excluding carboxylic acids is 2. The number of allylic oxidation sites excluding steroid dienone is 2. The maximum absolute atomic E-state index is 12.5. The fraction of sp³-hybridized carbons (Fsp3) is 0.118. The van der Waals surface area contributed by atoms with Crippen molar-refractivity contribution in [3.05, 3.63) is 64.4 Å². The molecule has 0 saturated carbocycles. The summed E-state index contributed by atoms with van der Waals surface area (Å²) in [6, 6.07) is 8.60. The first-order valence-corrected chi connectivity index (χ1v) is 6.92. The van der Waals surface area contributed by atoms with Gasteiger partial charge < -0.3 is 5.32 Å². The fourth-order valence-electron chi connectivity index (χ4n) is 2.20. The minimum absolute atomic E-state index is 0.0664. The molecule has 0 aliphatic heterocycles. The number of aryl methyl sites for hydroxylation is 2. The smallest absolute Gasteiger partial charge is 0.230 e. The number of hydrogen-bond donors (Lipinski definition) is 1. The second kappa shape index (κ2) is 5.46. The molecule has 0 unspecified atom stereocenters. The predicted octanol–water partition coefficient (Wildman–Crippen LogP) is 2.34. The Morgan fingerprint density at radius 3 is 2.22 bits per heavy atom. The molecular weight excluding hydrogens is 292 g/mol. The van der Waals surface area contributed by atoms with Crippen LogP contribution in [0.25, 0.3) is 0 Å². The Kier molecular flexibility index (Phi) is 3.47. The Hall–Kier alpha value is -3.33. The summed E-state index contributed by atoms with van der Waals surface area (Å²) in [6.07, 6.45) is 1.23. The first-order valence-electron chi connectivity index (χ1n) is 6.92. The van der Waals surface area contributed by atoms with E-state index >= 15 is 0 Å². The zero-order valence-electron chi connectivity index (χ0n) is 12.5. The average Bonchev–Trinajstić information content (AvgIpc) is 2.55. The molecule has 0 atom stereocenters. The second-order valence-electron chi connectivity index (χ2n) is 5.16. The maximum Gasteiger partial charge on any atom is 0.230 e. The van der Waals surface area contributed by atoms with E-state index in [0.29, 0.717) is 22.6 Å². The Bertz CT molecular complexity index is 905. The van der Waals surface area contributed by atoms with Crippen LogP contribution < -0.4 is 5.32 Å². The molecule has 0 radical (unpaired) electrons. The number of carbonyl (C=O) groups is 2. The summed E-state index contributed by atoms with van der Waals surface area (Å²) in [4.78, 5) is 33.1. The van der Waals surface area contributed by atoms with E-state index < -0.39 is 0 Å². The van der Waals surface area contributed by atoms with Gasteiger partial charge in [-0.05, 0) is 38.1 Å². The number of nitrogens with zero attached hydrogens (tertiary/aromatic N) is 3. The standard InChI is InChI=1S/C17H12N4O2/c1-9-10(2)20-16-15(19-9)14(22)7-13(17(16)23)21-12-5-3-11(8-18)4-6-12/h3-7,21H,1-2H3. The number of rotatable bonds is 2. The molecule has 0 fully saturated rings. The first-order chi connectivity index (χ1) is 11.0. The van der Waals surface area contributed by atoms with Gasteiger partial charge >= 0.3 is 0 Å². The van der Waals surface area contributed by atoms with Crippen molar-refractivity contribution in [1.29, 1.82) is 5.26 Å². The summed E-state index contributed by atoms with van der Waals surface area (Å²) in [7, 11) is 0. The van der Waals surface area contributed by atoms with Crippen LogP contribution in [0.15, 0.2) is 36.0 Å². The number of benzene rings is 1. The van der Waals surface area contributed by atoms with Crippen LogP contribution in [-0.2, 0) is 0 Å². The van der Waals surface area contributed by atoms with Gasteiger partial charge in [-0.2, -0.15) is 5.26 Å². The normalized spacial score (nSPS) is 13.2. The van der Waals surface area contributed by atoms with E-state index in [9.17, 15) is 9.59 Å². The molecule has 1 aromatic carbocycles. The maximum atomic E-state index is 12.5. The zero-order chi connectivity index (χ0) is 16.6. The number of Topliss-reactive ketones (excluding diaryl/α,β-unsaturated/α-hetero) is 1. The van der Waals surface area contributed by atoms with Gasteiger partial charge in [0.1, 0.15) is 11.4 Å². The van der Waals surface area contributed by atoms with Crippen molar-refractivity contribution in [2.24, 2.45) is 0 Å². The Morgan fingerprint density at radius 2 is 1.61 bits per heavy atom. The average molecular weight is 304 g/mol. The fourth-order valence-corrected chi connectivity index (χ4v) is 2.20. The van der Waals surface area contributed by atoms with Gasteiger partial charge in [0.05, 0.1) is 28.7 Å². The predicted molar refractivity (Wildman–Crippen MR) is 83.0 cm³/mol. The van der Waals surface area contributed by atoms with Crippen molar-refractivity contribution < 1.29 is 9.59 Å². The summed E-state index contributed by atoms with van der Waals surface area (Å²) in [6.45, 7) is 3.49. The van der Waals surface area contributed by atoms with E-state index in [1.807, 2.05) is 6.07 Å². The van der Waals surface area contributed by atoms with Gasteiger partial charge in [-0.1, -0.05) is 0 Å². The molecule has 3 rings (SSSR count). The summed E-state index contributed by atoms with van der Waals surface area (Å²) in [5.41, 5.74) is 2.66. The molecule has 6 heteroatoms. The van der Waals surface area contributed by atoms with Crippen LogP contribution in [0.3, 0.4) is 0 Å². The van der Waals surface area contributed by atoms with Crippen molar-refractivity contribution in [1.82, 2.24) is 9.97 Å². The third-order valence-electron chi connectivity index (χ3n) is 3.57. The largest absolute Gasteiger partial charge is 0.352 e. The van der Waals surface area contributed by atoms with Gasteiger partial charge in [0.2, 0.25) is 11.6 Å². The van der Waals surface area contributed by atoms with Gasteiger partial charge in [-0.15, -0.1) is 0 Å². The van der Waals surface area contributed by atoms with Crippen LogP contribution in [-0.4, -0.2) is 21.5 Å². The number of anilines is 1. The molecule has 6 nitrogen and oxygen atoms in total. The van der Waals surface area contributed by atoms with Crippen LogP contribution in [0.4, 0.5) is 5.69 Å². The molecule has 0 spiro atoms. The number of fused-ring (bicyclic) bond motifs is 1. The van der Waals surface area contributed by atoms with Gasteiger partial charge in [0.15, 0.2) is 0 Å². The third kappa shape index (κ3) is 2.60. The molecule has 1 heterocycles. The van der Waals surface area contributed by atoms with E-state index in [0.717, 1.165) is 0 Å². The summed E-state index contributed by atoms with van der Waals surface area (Å²) < 4.78 is 0. The molecule has 1 aliphatic rings. The lowest BCUT2D eigenvalue weighted by atomic mass is 10.0. The molecule has 1 aliphatic carbocycles. The van der Waals surface area contributed by atoms with Crippen LogP contribution in [0.5, 0.6) is 0 Å². The summed E-state index contributed by atoms with van der Waals surface area (Å²) >= 11 is 0. The molecule has 23 heavy (non-hydrogen) atoms. The van der Waals surface area contributed by atoms with Crippen molar-refractivity contribution in [3.63, 3.8) is 0 Å². The van der Waals surface area contributed by atoms with Crippen molar-refractivity contribution in [2.75, 3.05) is 5.32 Å². The minimum atomic E-state index is -0.375. The Labute approximate surface area is 132 Å². The number of aromatic nitrogens is 2. The van der Waals surface area contributed by atoms with Gasteiger partial charge in [-0.3, -0.25) is 9.59 Å². The van der Waals surface area contributed by atoms with Crippen molar-refractivity contribution in [3.8, 4) is 6.07 Å². The minimum Gasteiger partial charge on any atom is -0.352 e. The van der Waals surface area contributed by atoms with E-state index in [2.05, 4.69) is 15.3 Å². The highest BCUT2D eigenvalue weighted by Gasteiger charge is 2.29. The van der Waals surface area contributed by atoms with Crippen LogP contribution in [0.1, 0.15) is 37.9 Å². The van der Waals surface area contributed by atoms with E-state index in [1.165, 1.54) is 6.08 Å². The van der Waals surface area contributed by atoms with E-state index in [-0.39, 0.29) is 28.7 Å². The SMILES string of the molecule is Cc1nc2c(nc1C)C(=O)C(Nc1ccc(C#N)cc1)=CC2=O. The lowest BCUT2D eigenvalue weighted by molar-refractivity contribution is 0.0977. The van der Waals surface area contributed by atoms with Crippen LogP contribution in [0, 0.1) is 25.2 Å². The quantitative estimate of drug-likeness (QED) is 0.914. The highest BCUT2D eigenvalue weighted by atomic mass is 16.1. The first kappa shape index (κ1) is 14.6. The Balaban J connectivity index is 1.95. The molecule has 2 aromatic rings. The van der Waals surface area contributed by atoms with E-state index in [4.69, 9.17) is 5.26 Å². The van der Waals surface area contributed by atoms with Crippen LogP contribution >= 0.6 is 0 Å². The Morgan fingerprint density at radius 1 is 1.00 bits per heavy atom. The monoisotopic (exact) mass is 304 g/mol. The second-order valence-corrected chi connectivity index (χ2v) is 5.16. The number of hydrogen-bond acceptors (Lipinski definition) is 6. The molecule has 112 valence electrons. The molecule has 1 aromatic heterocycles. The van der Waals surface area contributed by atoms with Crippen molar-refractivity contribution >= 4 is 17.3 Å². The van der Waals surface area contributed by atoms with Gasteiger partial charge in [0, 0.05) is 11.8 Å². The van der Waals surface area contributed by atoms with E-state index in [1.54, 1.807) is 38.1 Å². The third-order valence-corrected chi connectivity index (χ3v) is 3.57. The molecule has 1 N–H and O–H groups in total. The molecule has 0 amide bonds. The lowest BCUT2D eigenvalue weighted by Gasteiger charge is -2.16. The number of nitrogens with one attached hydrogen (secondary N) is 1. The summed E-state index contributed by atoms with van der Waals surface area (Å²) in [5.74, 6) is -0.731.